The van der Waals surface area contributed by atoms with Crippen molar-refractivity contribution in [3.8, 4) is 0 Å². The quantitative estimate of drug-likeness (QED) is 0.748. The van der Waals surface area contributed by atoms with E-state index in [2.05, 4.69) is 6.92 Å². The molecule has 0 spiro atoms. The molecule has 0 aromatic heterocycles. The van der Waals surface area contributed by atoms with Crippen LogP contribution in [-0.4, -0.2) is 34.5 Å². The Kier molecular flexibility index (Phi) is 3.25. The molecule has 2 rings (SSSR count). The van der Waals surface area contributed by atoms with Crippen LogP contribution in [0, 0.1) is 23.7 Å². The molecule has 2 fully saturated rings. The molecule has 0 radical (unpaired) electrons. The fourth-order valence-corrected chi connectivity index (χ4v) is 3.22. The molecule has 2 unspecified atom stereocenters. The molecule has 4 nitrogen and oxygen atoms in total. The molecule has 1 saturated carbocycles. The average molecular weight is 239 g/mol. The Hall–Kier alpha value is -0.900. The van der Waals surface area contributed by atoms with Crippen LogP contribution in [0.25, 0.3) is 0 Å². The summed E-state index contributed by atoms with van der Waals surface area (Å²) in [6, 6.07) is -0.351. The summed E-state index contributed by atoms with van der Waals surface area (Å²) in [5, 5.41) is 9.36. The number of carbonyl (C=O) groups is 2. The maximum Gasteiger partial charge on any atom is 0.233 e. The second kappa shape index (κ2) is 4.41. The molecule has 1 aliphatic carbocycles. The molecule has 2 aliphatic rings. The standard InChI is InChI=1S/C13H21NO3/c1-7(2)11(6-15)14-12(16)9-4-8(3)5-10(9)13(14)17/h7-11,15H,4-6H2,1-3H3/t8?,9?,10?,11-/m0/s1. The summed E-state index contributed by atoms with van der Waals surface area (Å²) in [6.07, 6.45) is 1.64. The van der Waals surface area contributed by atoms with Crippen molar-refractivity contribution in [3.05, 3.63) is 0 Å². The Bertz CT molecular complexity index is 316. The van der Waals surface area contributed by atoms with Gasteiger partial charge in [0.05, 0.1) is 24.5 Å². The van der Waals surface area contributed by atoms with Crippen LogP contribution < -0.4 is 0 Å². The Morgan fingerprint density at radius 2 is 1.71 bits per heavy atom. The van der Waals surface area contributed by atoms with Crippen molar-refractivity contribution >= 4 is 11.8 Å². The molecule has 1 saturated heterocycles. The number of imide groups is 1. The summed E-state index contributed by atoms with van der Waals surface area (Å²) in [5.41, 5.74) is 0. The van der Waals surface area contributed by atoms with E-state index in [-0.39, 0.29) is 42.2 Å². The number of aliphatic hydroxyl groups excluding tert-OH is 1. The number of nitrogens with zero attached hydrogens (tertiary/aromatic N) is 1. The smallest absolute Gasteiger partial charge is 0.233 e. The van der Waals surface area contributed by atoms with Crippen LogP contribution in [0.4, 0.5) is 0 Å². The summed E-state index contributed by atoms with van der Waals surface area (Å²) in [4.78, 5) is 25.8. The number of rotatable bonds is 3. The Balaban J connectivity index is 2.22. The number of aliphatic hydroxyl groups is 1. The molecule has 0 aromatic carbocycles. The third-order valence-electron chi connectivity index (χ3n) is 4.20. The van der Waals surface area contributed by atoms with Gasteiger partial charge in [-0.3, -0.25) is 14.5 Å². The molecule has 4 heteroatoms. The maximum absolute atomic E-state index is 12.2. The first kappa shape index (κ1) is 12.6. The van der Waals surface area contributed by atoms with E-state index in [9.17, 15) is 14.7 Å². The second-order valence-corrected chi connectivity index (χ2v) is 5.83. The Morgan fingerprint density at radius 1 is 1.24 bits per heavy atom. The van der Waals surface area contributed by atoms with E-state index in [0.717, 1.165) is 12.8 Å². The zero-order valence-electron chi connectivity index (χ0n) is 10.7. The van der Waals surface area contributed by atoms with Gasteiger partial charge in [0.15, 0.2) is 0 Å². The van der Waals surface area contributed by atoms with Crippen molar-refractivity contribution in [1.29, 1.82) is 0 Å². The first-order chi connectivity index (χ1) is 7.97. The van der Waals surface area contributed by atoms with Crippen LogP contribution in [0.1, 0.15) is 33.6 Å². The molecule has 2 amide bonds. The molecular formula is C13H21NO3. The lowest BCUT2D eigenvalue weighted by atomic mass is 10.00. The Morgan fingerprint density at radius 3 is 2.06 bits per heavy atom. The summed E-state index contributed by atoms with van der Waals surface area (Å²) in [5.74, 6) is 0.209. The highest BCUT2D eigenvalue weighted by Gasteiger charge is 2.53. The van der Waals surface area contributed by atoms with Crippen molar-refractivity contribution in [2.45, 2.75) is 39.7 Å². The second-order valence-electron chi connectivity index (χ2n) is 5.83. The first-order valence-electron chi connectivity index (χ1n) is 6.45. The highest BCUT2D eigenvalue weighted by Crippen LogP contribution is 2.43. The average Bonchev–Trinajstić information content (AvgIpc) is 2.73. The third-order valence-corrected chi connectivity index (χ3v) is 4.20. The van der Waals surface area contributed by atoms with E-state index in [1.807, 2.05) is 13.8 Å². The van der Waals surface area contributed by atoms with Gasteiger partial charge in [0.2, 0.25) is 11.8 Å². The van der Waals surface area contributed by atoms with Gasteiger partial charge in [-0.25, -0.2) is 0 Å². The van der Waals surface area contributed by atoms with Crippen molar-refractivity contribution in [1.82, 2.24) is 4.90 Å². The fraction of sp³-hybridized carbons (Fsp3) is 0.846. The van der Waals surface area contributed by atoms with Gasteiger partial charge >= 0.3 is 0 Å². The van der Waals surface area contributed by atoms with Gasteiger partial charge in [-0.15, -0.1) is 0 Å². The molecule has 0 bridgehead atoms. The van der Waals surface area contributed by atoms with E-state index < -0.39 is 0 Å². The summed E-state index contributed by atoms with van der Waals surface area (Å²) >= 11 is 0. The van der Waals surface area contributed by atoms with Gasteiger partial charge in [-0.1, -0.05) is 20.8 Å². The Labute approximate surface area is 102 Å². The minimum atomic E-state index is -0.351. The number of hydrogen-bond donors (Lipinski definition) is 1. The number of hydrogen-bond acceptors (Lipinski definition) is 3. The van der Waals surface area contributed by atoms with Crippen LogP contribution in [0.2, 0.25) is 0 Å². The monoisotopic (exact) mass is 239 g/mol. The zero-order chi connectivity index (χ0) is 12.7. The van der Waals surface area contributed by atoms with Gasteiger partial charge < -0.3 is 5.11 Å². The molecule has 3 atom stereocenters. The predicted octanol–water partition coefficient (Wildman–Crippen LogP) is 1.03. The fourth-order valence-electron chi connectivity index (χ4n) is 3.22. The van der Waals surface area contributed by atoms with Crippen molar-refractivity contribution in [2.75, 3.05) is 6.61 Å². The molecule has 1 aliphatic heterocycles. The SMILES string of the molecule is CC1CC2C(=O)N([C@@H](CO)C(C)C)C(=O)C2C1. The zero-order valence-corrected chi connectivity index (χ0v) is 10.7. The lowest BCUT2D eigenvalue weighted by molar-refractivity contribution is -0.145. The topological polar surface area (TPSA) is 57.6 Å². The predicted molar refractivity (Wildman–Crippen MR) is 62.9 cm³/mol. The van der Waals surface area contributed by atoms with Gasteiger partial charge in [-0.2, -0.15) is 0 Å². The highest BCUT2D eigenvalue weighted by molar-refractivity contribution is 6.05. The summed E-state index contributed by atoms with van der Waals surface area (Å²) < 4.78 is 0. The van der Waals surface area contributed by atoms with E-state index in [1.54, 1.807) is 0 Å². The van der Waals surface area contributed by atoms with E-state index in [1.165, 1.54) is 4.90 Å². The first-order valence-corrected chi connectivity index (χ1v) is 6.45. The van der Waals surface area contributed by atoms with Gasteiger partial charge in [0, 0.05) is 0 Å². The van der Waals surface area contributed by atoms with Gasteiger partial charge in [-0.05, 0) is 24.7 Å². The van der Waals surface area contributed by atoms with Crippen LogP contribution in [0.3, 0.4) is 0 Å². The summed E-state index contributed by atoms with van der Waals surface area (Å²) in [7, 11) is 0. The molecule has 1 N–H and O–H groups in total. The number of amides is 2. The molecule has 1 heterocycles. The van der Waals surface area contributed by atoms with Gasteiger partial charge in [0.25, 0.3) is 0 Å². The molecule has 0 aromatic rings. The number of likely N-dealkylation sites (tertiary alicyclic amines) is 1. The maximum atomic E-state index is 12.2. The minimum absolute atomic E-state index is 0.0582. The summed E-state index contributed by atoms with van der Waals surface area (Å²) in [6.45, 7) is 5.82. The van der Waals surface area contributed by atoms with E-state index in [0.29, 0.717) is 5.92 Å². The lowest BCUT2D eigenvalue weighted by Crippen LogP contribution is -2.46. The number of fused-ring (bicyclic) bond motifs is 1. The normalized spacial score (nSPS) is 34.6. The van der Waals surface area contributed by atoms with E-state index in [4.69, 9.17) is 0 Å². The van der Waals surface area contributed by atoms with Crippen LogP contribution >= 0.6 is 0 Å². The molecule has 96 valence electrons. The van der Waals surface area contributed by atoms with Crippen LogP contribution in [-0.2, 0) is 9.59 Å². The largest absolute Gasteiger partial charge is 0.394 e. The highest BCUT2D eigenvalue weighted by atomic mass is 16.3. The molecular weight excluding hydrogens is 218 g/mol. The van der Waals surface area contributed by atoms with Crippen molar-refractivity contribution in [3.63, 3.8) is 0 Å². The minimum Gasteiger partial charge on any atom is -0.394 e. The third kappa shape index (κ3) is 1.88. The van der Waals surface area contributed by atoms with E-state index >= 15 is 0 Å². The lowest BCUT2D eigenvalue weighted by Gasteiger charge is -2.28. The van der Waals surface area contributed by atoms with Crippen LogP contribution in [0.5, 0.6) is 0 Å². The van der Waals surface area contributed by atoms with Crippen molar-refractivity contribution < 1.29 is 14.7 Å². The van der Waals surface area contributed by atoms with Gasteiger partial charge in [0.1, 0.15) is 0 Å². The number of carbonyl (C=O) groups excluding carboxylic acids is 2. The van der Waals surface area contributed by atoms with Crippen molar-refractivity contribution in [2.24, 2.45) is 23.7 Å². The molecule has 17 heavy (non-hydrogen) atoms. The van der Waals surface area contributed by atoms with Crippen LogP contribution in [0.15, 0.2) is 0 Å².